The molecule has 0 bridgehead atoms. The maximum atomic E-state index is 13.2. The molecule has 3 aromatic carbocycles. The lowest BCUT2D eigenvalue weighted by atomic mass is 9.79. The molecule has 1 fully saturated rings. The van der Waals surface area contributed by atoms with Crippen LogP contribution in [-0.4, -0.2) is 82.3 Å². The van der Waals surface area contributed by atoms with E-state index < -0.39 is 35.3 Å². The Morgan fingerprint density at radius 3 is 1.48 bits per heavy atom. The first-order valence-electron chi connectivity index (χ1n) is 28.9. The van der Waals surface area contributed by atoms with Gasteiger partial charge >= 0.3 is 19.1 Å². The lowest BCUT2D eigenvalue weighted by Gasteiger charge is -2.22. The highest BCUT2D eigenvalue weighted by Gasteiger charge is 2.41. The van der Waals surface area contributed by atoms with Crippen LogP contribution in [0.4, 0.5) is 0 Å². The minimum atomic E-state index is -0.668. The van der Waals surface area contributed by atoms with Gasteiger partial charge in [-0.15, -0.1) is 0 Å². The molecule has 5 heterocycles. The summed E-state index contributed by atoms with van der Waals surface area (Å²) in [5.74, 6) is -0.841. The van der Waals surface area contributed by atoms with Crippen LogP contribution in [0.5, 0.6) is 0 Å². The van der Waals surface area contributed by atoms with Gasteiger partial charge in [-0.3, -0.25) is 19.2 Å². The lowest BCUT2D eigenvalue weighted by molar-refractivity contribution is -0.156. The normalized spacial score (nSPS) is 14.5. The van der Waals surface area contributed by atoms with E-state index in [1.165, 1.54) is 0 Å². The zero-order chi connectivity index (χ0) is 61.5. The number of carbonyl (C=O) groups is 4. The van der Waals surface area contributed by atoms with Crippen LogP contribution in [-0.2, 0) is 51.1 Å². The molecule has 0 amide bonds. The maximum Gasteiger partial charge on any atom is 0.494 e. The van der Waals surface area contributed by atoms with Crippen molar-refractivity contribution < 1.29 is 65.5 Å². The average Bonchev–Trinajstić information content (AvgIpc) is 2.52. The SMILES string of the molecule is C=Cc1c([C@@H](CCCOCc2ccccc2)CC(=O)OC(C)(C)C)noc1-c1cc(C(=O)C(C)(C)C)on1.CC(C)(C)OC(=O)C[C@H](CCCOCc1ccccc1)c1noc(-c2cc(C(=O)C(C)(C)C)on2)c1C1COB(c2ccccc2)O1. The molecule has 1 unspecified atom stereocenters. The smallest absolute Gasteiger partial charge is 0.460 e. The summed E-state index contributed by atoms with van der Waals surface area (Å²) in [7, 11) is -0.608. The Bertz CT molecular complexity index is 3280. The van der Waals surface area contributed by atoms with E-state index >= 15 is 0 Å². The van der Waals surface area contributed by atoms with Crippen LogP contribution >= 0.6 is 0 Å². The Kier molecular flexibility index (Phi) is 22.2. The predicted molar refractivity (Wildman–Crippen MR) is 320 cm³/mol. The van der Waals surface area contributed by atoms with Crippen molar-refractivity contribution in [2.75, 3.05) is 19.8 Å². The number of hydrogen-bond acceptors (Lipinski definition) is 18. The molecule has 4 aromatic heterocycles. The third-order valence-corrected chi connectivity index (χ3v) is 13.4. The van der Waals surface area contributed by atoms with Gasteiger partial charge in [0.2, 0.25) is 23.1 Å². The maximum absolute atomic E-state index is 13.2. The molecule has 0 aliphatic carbocycles. The van der Waals surface area contributed by atoms with Gasteiger partial charge in [0, 0.05) is 53.6 Å². The van der Waals surface area contributed by atoms with Crippen molar-refractivity contribution in [2.24, 2.45) is 10.8 Å². The fraction of sp³-hybridized carbons (Fsp3) is 0.455. The monoisotopic (exact) mass is 1160 g/mol. The second kappa shape index (κ2) is 29.0. The number of aromatic nitrogens is 4. The van der Waals surface area contributed by atoms with Crippen molar-refractivity contribution in [3.8, 4) is 22.9 Å². The molecule has 1 aliphatic rings. The molecule has 0 spiro atoms. The van der Waals surface area contributed by atoms with Gasteiger partial charge in [-0.25, -0.2) is 0 Å². The van der Waals surface area contributed by atoms with E-state index in [0.717, 1.165) is 16.6 Å². The minimum absolute atomic E-state index is 0.0667. The van der Waals surface area contributed by atoms with E-state index in [1.807, 2.05) is 174 Å². The number of carbonyl (C=O) groups excluding carboxylic acids is 4. The van der Waals surface area contributed by atoms with E-state index in [2.05, 4.69) is 27.2 Å². The van der Waals surface area contributed by atoms with Gasteiger partial charge in [0.25, 0.3) is 0 Å². The summed E-state index contributed by atoms with van der Waals surface area (Å²) >= 11 is 0. The highest BCUT2D eigenvalue weighted by molar-refractivity contribution is 6.61. The van der Waals surface area contributed by atoms with E-state index in [0.29, 0.717) is 97.5 Å². The summed E-state index contributed by atoms with van der Waals surface area (Å²) in [6.07, 6.45) is 3.76. The van der Waals surface area contributed by atoms with Gasteiger partial charge in [-0.05, 0) is 83.8 Å². The molecule has 19 heteroatoms. The molecule has 85 heavy (non-hydrogen) atoms. The Balaban J connectivity index is 0.000000249. The topological polar surface area (TPSA) is 228 Å². The Labute approximate surface area is 498 Å². The molecule has 0 saturated carbocycles. The van der Waals surface area contributed by atoms with Crippen LogP contribution in [0.2, 0.25) is 0 Å². The van der Waals surface area contributed by atoms with Crippen LogP contribution < -0.4 is 5.46 Å². The zero-order valence-corrected chi connectivity index (χ0v) is 51.2. The summed E-state index contributed by atoms with van der Waals surface area (Å²) in [6, 6.07) is 32.7. The van der Waals surface area contributed by atoms with Crippen molar-refractivity contribution in [3.05, 3.63) is 155 Å². The molecule has 7 aromatic rings. The number of esters is 2. The van der Waals surface area contributed by atoms with Gasteiger partial charge in [0.05, 0.1) is 55.7 Å². The Hall–Kier alpha value is -7.58. The molecular formula is C66H81BN4O14. The molecule has 1 aliphatic heterocycles. The summed E-state index contributed by atoms with van der Waals surface area (Å²) in [6.45, 7) is 28.1. The largest absolute Gasteiger partial charge is 0.494 e. The first kappa shape index (κ1) is 65.0. The lowest BCUT2D eigenvalue weighted by Crippen LogP contribution is -2.31. The quantitative estimate of drug-likeness (QED) is 0.0224. The van der Waals surface area contributed by atoms with Crippen molar-refractivity contribution in [2.45, 2.75) is 164 Å². The number of ketones is 2. The number of nitrogens with zero attached hydrogens (tertiary/aromatic N) is 4. The highest BCUT2D eigenvalue weighted by Crippen LogP contribution is 2.42. The number of Topliss-reactive ketones (excluding diaryl/α,β-unsaturated/α-hetero) is 2. The first-order chi connectivity index (χ1) is 40.3. The fourth-order valence-electron chi connectivity index (χ4n) is 9.37. The third kappa shape index (κ3) is 19.0. The molecule has 0 N–H and O–H groups in total. The van der Waals surface area contributed by atoms with Gasteiger partial charge < -0.3 is 46.3 Å². The van der Waals surface area contributed by atoms with Crippen molar-refractivity contribution in [1.29, 1.82) is 0 Å². The van der Waals surface area contributed by atoms with Crippen LogP contribution in [0.3, 0.4) is 0 Å². The Morgan fingerprint density at radius 2 is 1.02 bits per heavy atom. The minimum Gasteiger partial charge on any atom is -0.460 e. The molecule has 8 rings (SSSR count). The van der Waals surface area contributed by atoms with E-state index in [-0.39, 0.29) is 66.3 Å². The molecule has 18 nitrogen and oxygen atoms in total. The molecule has 452 valence electrons. The zero-order valence-electron chi connectivity index (χ0n) is 51.2. The summed E-state index contributed by atoms with van der Waals surface area (Å²) in [5.41, 5.74) is 3.49. The van der Waals surface area contributed by atoms with Crippen LogP contribution in [0.15, 0.2) is 128 Å². The van der Waals surface area contributed by atoms with Gasteiger partial charge in [-0.1, -0.05) is 166 Å². The molecular weight excluding hydrogens is 1080 g/mol. The fourth-order valence-corrected chi connectivity index (χ4v) is 9.37. The second-order valence-electron chi connectivity index (χ2n) is 25.2. The summed E-state index contributed by atoms with van der Waals surface area (Å²) in [4.78, 5) is 51.6. The van der Waals surface area contributed by atoms with E-state index in [9.17, 15) is 19.2 Å². The van der Waals surface area contributed by atoms with Crippen LogP contribution in [0, 0.1) is 10.8 Å². The highest BCUT2D eigenvalue weighted by atomic mass is 16.6. The van der Waals surface area contributed by atoms with Gasteiger partial charge in [-0.2, -0.15) is 0 Å². The van der Waals surface area contributed by atoms with Gasteiger partial charge in [0.1, 0.15) is 11.2 Å². The summed E-state index contributed by atoms with van der Waals surface area (Å²) < 4.78 is 58.0. The molecule has 0 radical (unpaired) electrons. The van der Waals surface area contributed by atoms with Crippen LogP contribution in [0.1, 0.15) is 194 Å². The number of ether oxygens (including phenoxy) is 4. The standard InChI is InChI=1S/C36H43BN2O8.C30H38N2O6/c1-35(2,3)34(41)28-21-27(38-46-28)33-31(29-23-43-37(45-29)26-17-11-8-12-18-26)32(39-47-33)25(20-30(40)44-36(4,5)6)16-13-19-42-22-24-14-9-7-10-15-24;1-8-22-26(32-38-27(22)23-18-24(37-31-23)28(34)29(2,3)4)21(17-25(33)36-30(5,6)7)15-12-16-35-19-20-13-10-9-11-14-20/h7-12,14-15,17-18,21,25,29H,13,16,19-20,22-23H2,1-6H3;8-11,13-14,18,21H,1,12,15-17,19H2,2-7H3/t25-,29?;21-/m00/s1. The Morgan fingerprint density at radius 1 is 0.588 bits per heavy atom. The van der Waals surface area contributed by atoms with E-state index in [4.69, 9.17) is 46.3 Å². The van der Waals surface area contributed by atoms with Crippen molar-refractivity contribution in [3.63, 3.8) is 0 Å². The molecule has 1 saturated heterocycles. The molecule has 3 atom stereocenters. The number of benzene rings is 3. The second-order valence-corrected chi connectivity index (χ2v) is 25.2. The number of hydrogen-bond donors (Lipinski definition) is 0. The van der Waals surface area contributed by atoms with E-state index in [1.54, 1.807) is 18.2 Å². The average molecular weight is 1170 g/mol. The van der Waals surface area contributed by atoms with Crippen LogP contribution in [0.25, 0.3) is 29.0 Å². The third-order valence-electron chi connectivity index (χ3n) is 13.4. The predicted octanol–water partition coefficient (Wildman–Crippen LogP) is 13.9. The van der Waals surface area contributed by atoms with Crippen molar-refractivity contribution >= 4 is 42.2 Å². The van der Waals surface area contributed by atoms with Crippen molar-refractivity contribution in [1.82, 2.24) is 20.6 Å². The first-order valence-corrected chi connectivity index (χ1v) is 28.9. The van der Waals surface area contributed by atoms with Gasteiger partial charge in [0.15, 0.2) is 22.9 Å². The summed E-state index contributed by atoms with van der Waals surface area (Å²) in [5, 5.41) is 17.0. The number of rotatable bonds is 25.